The second-order valence-electron chi connectivity index (χ2n) is 4.18. The van der Waals surface area contributed by atoms with E-state index in [-0.39, 0.29) is 0 Å². The van der Waals surface area contributed by atoms with Crippen molar-refractivity contribution < 1.29 is 0 Å². The van der Waals surface area contributed by atoms with Crippen molar-refractivity contribution in [3.63, 3.8) is 0 Å². The van der Waals surface area contributed by atoms with Crippen molar-refractivity contribution in [2.24, 2.45) is 0 Å². The summed E-state index contributed by atoms with van der Waals surface area (Å²) < 4.78 is 0. The first kappa shape index (κ1) is 11.4. The molecule has 90 valence electrons. The summed E-state index contributed by atoms with van der Waals surface area (Å²) in [5.74, 6) is 1.60. The molecule has 17 heavy (non-hydrogen) atoms. The number of aromatic amines is 1. The fourth-order valence-corrected chi connectivity index (χ4v) is 1.61. The molecule has 0 fully saturated rings. The quantitative estimate of drug-likeness (QED) is 0.777. The van der Waals surface area contributed by atoms with Crippen molar-refractivity contribution in [3.05, 3.63) is 35.7 Å². The topological polar surface area (TPSA) is 70.8 Å². The van der Waals surface area contributed by atoms with E-state index in [1.54, 1.807) is 0 Å². The average molecular weight is 231 g/mol. The predicted octanol–water partition coefficient (Wildman–Crippen LogP) is 1.24. The van der Waals surface area contributed by atoms with E-state index >= 15 is 0 Å². The lowest BCUT2D eigenvalue weighted by atomic mass is 10.1. The highest BCUT2D eigenvalue weighted by Gasteiger charge is 2.05. The Morgan fingerprint density at radius 2 is 2.00 bits per heavy atom. The molecule has 0 unspecified atom stereocenters. The van der Waals surface area contributed by atoms with Gasteiger partial charge in [0, 0.05) is 26.2 Å². The van der Waals surface area contributed by atoms with Gasteiger partial charge in [0.15, 0.2) is 0 Å². The summed E-state index contributed by atoms with van der Waals surface area (Å²) in [6.07, 6.45) is 1.68. The summed E-state index contributed by atoms with van der Waals surface area (Å²) in [4.78, 5) is 6.24. The Morgan fingerprint density at radius 3 is 2.65 bits per heavy atom. The van der Waals surface area contributed by atoms with E-state index in [0.29, 0.717) is 5.95 Å². The lowest BCUT2D eigenvalue weighted by Gasteiger charge is -2.04. The smallest absolute Gasteiger partial charge is 0.244 e. The Hall–Kier alpha value is -2.04. The first-order valence-electron chi connectivity index (χ1n) is 5.59. The molecular weight excluding hydrogens is 214 g/mol. The van der Waals surface area contributed by atoms with Crippen LogP contribution >= 0.6 is 0 Å². The summed E-state index contributed by atoms with van der Waals surface area (Å²) in [7, 11) is 3.84. The Labute approximate surface area is 101 Å². The van der Waals surface area contributed by atoms with E-state index in [1.165, 1.54) is 0 Å². The lowest BCUT2D eigenvalue weighted by Crippen LogP contribution is -2.10. The molecule has 0 radical (unpaired) electrons. The highest BCUT2D eigenvalue weighted by Crippen LogP contribution is 2.13. The number of nitrogens with one attached hydrogen (secondary N) is 1. The minimum absolute atomic E-state index is 0.709. The molecule has 3 N–H and O–H groups in total. The van der Waals surface area contributed by atoms with Gasteiger partial charge in [-0.3, -0.25) is 5.10 Å². The van der Waals surface area contributed by atoms with Crippen molar-refractivity contribution in [2.45, 2.75) is 12.8 Å². The van der Waals surface area contributed by atoms with Gasteiger partial charge in [-0.25, -0.2) is 0 Å². The Bertz CT molecular complexity index is 489. The monoisotopic (exact) mass is 231 g/mol. The molecule has 5 heteroatoms. The first-order chi connectivity index (χ1) is 8.16. The molecule has 0 spiro atoms. The van der Waals surface area contributed by atoms with Crippen LogP contribution in [0.5, 0.6) is 0 Å². The van der Waals surface area contributed by atoms with Crippen LogP contribution in [0.4, 0.5) is 11.6 Å². The van der Waals surface area contributed by atoms with Crippen LogP contribution in [-0.2, 0) is 12.8 Å². The van der Waals surface area contributed by atoms with Crippen molar-refractivity contribution >= 4 is 11.6 Å². The maximum atomic E-state index is 5.88. The molecule has 0 bridgehead atoms. The van der Waals surface area contributed by atoms with Crippen molar-refractivity contribution in [3.8, 4) is 0 Å². The van der Waals surface area contributed by atoms with E-state index in [2.05, 4.69) is 15.2 Å². The fraction of sp³-hybridized carbons (Fsp3) is 0.333. The number of aromatic nitrogens is 3. The molecule has 0 amide bonds. The van der Waals surface area contributed by atoms with Crippen LogP contribution in [0.1, 0.15) is 11.4 Å². The third-order valence-electron chi connectivity index (χ3n) is 2.61. The number of anilines is 2. The standard InChI is InChI=1S/C12H17N5/c1-17(2)12-14-11(15-16-12)8-7-9-5-3-4-6-10(9)13/h3-6H,7-8,13H2,1-2H3,(H,14,15,16). The molecule has 1 aromatic heterocycles. The third-order valence-corrected chi connectivity index (χ3v) is 2.61. The summed E-state index contributed by atoms with van der Waals surface area (Å²) >= 11 is 0. The van der Waals surface area contributed by atoms with Crippen LogP contribution in [0.3, 0.4) is 0 Å². The molecule has 1 heterocycles. The maximum Gasteiger partial charge on any atom is 0.244 e. The number of nitrogen functional groups attached to an aromatic ring is 1. The summed E-state index contributed by atoms with van der Waals surface area (Å²) in [5, 5.41) is 7.04. The van der Waals surface area contributed by atoms with Crippen LogP contribution in [0, 0.1) is 0 Å². The lowest BCUT2D eigenvalue weighted by molar-refractivity contribution is 0.866. The Kier molecular flexibility index (Phi) is 3.27. The third kappa shape index (κ3) is 2.75. The van der Waals surface area contributed by atoms with E-state index in [4.69, 9.17) is 5.73 Å². The summed E-state index contributed by atoms with van der Waals surface area (Å²) in [6.45, 7) is 0. The Morgan fingerprint density at radius 1 is 1.24 bits per heavy atom. The molecule has 0 atom stereocenters. The van der Waals surface area contributed by atoms with E-state index in [0.717, 1.165) is 29.9 Å². The zero-order chi connectivity index (χ0) is 12.3. The molecule has 0 saturated heterocycles. The second kappa shape index (κ2) is 4.86. The largest absolute Gasteiger partial charge is 0.399 e. The molecule has 2 aromatic rings. The SMILES string of the molecule is CN(C)c1n[nH]c(CCc2ccccc2N)n1. The van der Waals surface area contributed by atoms with E-state index in [1.807, 2.05) is 43.3 Å². The minimum Gasteiger partial charge on any atom is -0.399 e. The molecule has 5 nitrogen and oxygen atoms in total. The minimum atomic E-state index is 0.709. The van der Waals surface area contributed by atoms with Gasteiger partial charge in [-0.1, -0.05) is 18.2 Å². The van der Waals surface area contributed by atoms with Crippen LogP contribution in [-0.4, -0.2) is 29.3 Å². The number of benzene rings is 1. The highest BCUT2D eigenvalue weighted by atomic mass is 15.3. The van der Waals surface area contributed by atoms with Crippen LogP contribution in [0.2, 0.25) is 0 Å². The van der Waals surface area contributed by atoms with Gasteiger partial charge in [-0.05, 0) is 18.1 Å². The number of nitrogens with two attached hydrogens (primary N) is 1. The van der Waals surface area contributed by atoms with Gasteiger partial charge in [-0.15, -0.1) is 5.10 Å². The first-order valence-corrected chi connectivity index (χ1v) is 5.59. The van der Waals surface area contributed by atoms with Crippen molar-refractivity contribution in [2.75, 3.05) is 24.7 Å². The predicted molar refractivity (Wildman–Crippen MR) is 69.0 cm³/mol. The number of nitrogens with zero attached hydrogens (tertiary/aromatic N) is 3. The number of H-pyrrole nitrogens is 1. The van der Waals surface area contributed by atoms with Gasteiger partial charge in [0.1, 0.15) is 5.82 Å². The van der Waals surface area contributed by atoms with Gasteiger partial charge < -0.3 is 10.6 Å². The molecule has 0 aliphatic carbocycles. The number of para-hydroxylation sites is 1. The average Bonchev–Trinajstić information content (AvgIpc) is 2.77. The Balaban J connectivity index is 2.00. The zero-order valence-corrected chi connectivity index (χ0v) is 10.1. The molecule has 1 aromatic carbocycles. The van der Waals surface area contributed by atoms with Crippen molar-refractivity contribution in [1.29, 1.82) is 0 Å². The van der Waals surface area contributed by atoms with Gasteiger partial charge in [-0.2, -0.15) is 4.98 Å². The molecule has 0 aliphatic rings. The molecular formula is C12H17N5. The van der Waals surface area contributed by atoms with Gasteiger partial charge in [0.2, 0.25) is 5.95 Å². The number of hydrogen-bond donors (Lipinski definition) is 2. The number of rotatable bonds is 4. The second-order valence-corrected chi connectivity index (χ2v) is 4.18. The van der Waals surface area contributed by atoms with Gasteiger partial charge >= 0.3 is 0 Å². The summed E-state index contributed by atoms with van der Waals surface area (Å²) in [6, 6.07) is 7.90. The van der Waals surface area contributed by atoms with Crippen molar-refractivity contribution in [1.82, 2.24) is 15.2 Å². The maximum absolute atomic E-state index is 5.88. The number of aryl methyl sites for hydroxylation is 2. The van der Waals surface area contributed by atoms with Crippen LogP contribution in [0.25, 0.3) is 0 Å². The number of hydrogen-bond acceptors (Lipinski definition) is 4. The van der Waals surface area contributed by atoms with Crippen LogP contribution in [0.15, 0.2) is 24.3 Å². The molecule has 0 aliphatic heterocycles. The van der Waals surface area contributed by atoms with Gasteiger partial charge in [0.05, 0.1) is 0 Å². The highest BCUT2D eigenvalue weighted by molar-refractivity contribution is 5.46. The zero-order valence-electron chi connectivity index (χ0n) is 10.1. The van der Waals surface area contributed by atoms with Gasteiger partial charge in [0.25, 0.3) is 0 Å². The fourth-order valence-electron chi connectivity index (χ4n) is 1.61. The molecule has 2 rings (SSSR count). The molecule has 0 saturated carbocycles. The summed E-state index contributed by atoms with van der Waals surface area (Å²) in [5.41, 5.74) is 7.87. The van der Waals surface area contributed by atoms with E-state index in [9.17, 15) is 0 Å². The van der Waals surface area contributed by atoms with Crippen LogP contribution < -0.4 is 10.6 Å². The normalized spacial score (nSPS) is 10.5. The van der Waals surface area contributed by atoms with E-state index < -0.39 is 0 Å².